The Morgan fingerprint density at radius 3 is 2.56 bits per heavy atom. The molecule has 2 N–H and O–H groups in total. The zero-order valence-corrected chi connectivity index (χ0v) is 4.96. The van der Waals surface area contributed by atoms with Crippen LogP contribution in [0.15, 0.2) is 9.36 Å². The SMILES string of the molecule is N#CN=C(N)N=S(=O)=O. The third-order valence-electron chi connectivity index (χ3n) is 0.333. The van der Waals surface area contributed by atoms with Crippen molar-refractivity contribution in [3.05, 3.63) is 0 Å². The smallest absolute Gasteiger partial charge is 0.319 e. The highest BCUT2D eigenvalue weighted by atomic mass is 32.2. The fraction of sp³-hybridized carbons (Fsp3) is 0. The molecule has 0 aliphatic heterocycles. The van der Waals surface area contributed by atoms with Gasteiger partial charge in [-0.25, -0.2) is 0 Å². The monoisotopic (exact) mass is 146 g/mol. The largest absolute Gasteiger partial charge is 0.366 e. The molecular weight excluding hydrogens is 144 g/mol. The molecule has 9 heavy (non-hydrogen) atoms. The van der Waals surface area contributed by atoms with Gasteiger partial charge in [0.2, 0.25) is 12.2 Å². The van der Waals surface area contributed by atoms with Crippen LogP contribution in [0.5, 0.6) is 0 Å². The molecule has 0 bridgehead atoms. The molecular formula is C2H2N4O2S. The third-order valence-corrected chi connectivity index (χ3v) is 0.669. The van der Waals surface area contributed by atoms with Crippen LogP contribution in [0.1, 0.15) is 0 Å². The summed E-state index contributed by atoms with van der Waals surface area (Å²) in [4.78, 5) is 2.80. The molecule has 0 fully saturated rings. The fourth-order valence-corrected chi connectivity index (χ4v) is 0.342. The molecule has 0 unspecified atom stereocenters. The molecule has 0 aliphatic carbocycles. The van der Waals surface area contributed by atoms with Crippen molar-refractivity contribution in [2.24, 2.45) is 15.1 Å². The minimum Gasteiger partial charge on any atom is -0.366 e. The van der Waals surface area contributed by atoms with Crippen LogP contribution in [0.3, 0.4) is 0 Å². The van der Waals surface area contributed by atoms with Gasteiger partial charge in [0.25, 0.3) is 0 Å². The lowest BCUT2D eigenvalue weighted by atomic mass is 11.1. The Labute approximate surface area is 52.3 Å². The Morgan fingerprint density at radius 2 is 2.22 bits per heavy atom. The first-order valence-corrected chi connectivity index (χ1v) is 2.73. The van der Waals surface area contributed by atoms with Crippen molar-refractivity contribution < 1.29 is 8.42 Å². The van der Waals surface area contributed by atoms with Crippen molar-refractivity contribution >= 4 is 16.5 Å². The van der Waals surface area contributed by atoms with Gasteiger partial charge in [-0.3, -0.25) is 0 Å². The van der Waals surface area contributed by atoms with Crippen molar-refractivity contribution in [2.75, 3.05) is 0 Å². The predicted octanol–water partition coefficient (Wildman–Crippen LogP) is -1.16. The van der Waals surface area contributed by atoms with E-state index < -0.39 is 16.5 Å². The quantitative estimate of drug-likeness (QED) is 0.264. The zero-order chi connectivity index (χ0) is 7.28. The maximum Gasteiger partial charge on any atom is 0.319 e. The Hall–Kier alpha value is -1.42. The molecule has 6 nitrogen and oxygen atoms in total. The second-order valence-corrected chi connectivity index (χ2v) is 1.50. The number of hydrogen-bond donors (Lipinski definition) is 1. The summed E-state index contributed by atoms with van der Waals surface area (Å²) in [5.74, 6) is -0.564. The maximum absolute atomic E-state index is 9.65. The number of guanidine groups is 1. The van der Waals surface area contributed by atoms with Crippen LogP contribution in [-0.2, 0) is 10.5 Å². The lowest BCUT2D eigenvalue weighted by Gasteiger charge is -1.74. The van der Waals surface area contributed by atoms with E-state index in [0.717, 1.165) is 0 Å². The number of rotatable bonds is 0. The summed E-state index contributed by atoms with van der Waals surface area (Å²) in [6, 6.07) is 0. The van der Waals surface area contributed by atoms with Crippen molar-refractivity contribution in [2.45, 2.75) is 0 Å². The molecule has 0 spiro atoms. The van der Waals surface area contributed by atoms with E-state index in [0.29, 0.717) is 0 Å². The number of aliphatic imine (C=N–C) groups is 1. The molecule has 0 heterocycles. The van der Waals surface area contributed by atoms with Crippen LogP contribution in [0, 0.1) is 11.5 Å². The summed E-state index contributed by atoms with van der Waals surface area (Å²) >= 11 is 0. The number of hydrogen-bond acceptors (Lipinski definition) is 4. The molecule has 0 amide bonds. The molecule has 0 aromatic heterocycles. The molecule has 0 saturated heterocycles. The van der Waals surface area contributed by atoms with Crippen LogP contribution in [-0.4, -0.2) is 14.4 Å². The van der Waals surface area contributed by atoms with Crippen LogP contribution in [0.2, 0.25) is 0 Å². The Balaban J connectivity index is 4.49. The van der Waals surface area contributed by atoms with Gasteiger partial charge in [-0.05, 0) is 0 Å². The lowest BCUT2D eigenvalue weighted by Crippen LogP contribution is -2.06. The van der Waals surface area contributed by atoms with E-state index in [4.69, 9.17) is 11.0 Å². The average Bonchev–Trinajstić information content (AvgIpc) is 1.63. The first-order chi connectivity index (χ1) is 4.16. The van der Waals surface area contributed by atoms with Gasteiger partial charge in [0.1, 0.15) is 0 Å². The minimum atomic E-state index is -2.63. The summed E-state index contributed by atoms with van der Waals surface area (Å²) < 4.78 is 22.0. The van der Waals surface area contributed by atoms with Crippen molar-refractivity contribution in [1.82, 2.24) is 0 Å². The van der Waals surface area contributed by atoms with Crippen molar-refractivity contribution in [1.29, 1.82) is 5.26 Å². The molecule has 0 aliphatic rings. The second-order valence-electron chi connectivity index (χ2n) is 0.878. The lowest BCUT2D eigenvalue weighted by molar-refractivity contribution is 0.623. The number of nitriles is 1. The predicted molar refractivity (Wildman–Crippen MR) is 28.6 cm³/mol. The van der Waals surface area contributed by atoms with E-state index in [9.17, 15) is 8.42 Å². The molecule has 48 valence electrons. The topological polar surface area (TPSA) is 109 Å². The van der Waals surface area contributed by atoms with E-state index in [1.165, 1.54) is 6.19 Å². The fourth-order valence-electron chi connectivity index (χ4n) is 0.148. The zero-order valence-electron chi connectivity index (χ0n) is 4.14. The van der Waals surface area contributed by atoms with E-state index in [1.54, 1.807) is 0 Å². The van der Waals surface area contributed by atoms with E-state index in [-0.39, 0.29) is 0 Å². The van der Waals surface area contributed by atoms with E-state index in [2.05, 4.69) is 9.36 Å². The van der Waals surface area contributed by atoms with Gasteiger partial charge in [-0.2, -0.15) is 13.7 Å². The van der Waals surface area contributed by atoms with Crippen LogP contribution < -0.4 is 5.73 Å². The van der Waals surface area contributed by atoms with Gasteiger partial charge in [-0.1, -0.05) is 4.36 Å². The summed E-state index contributed by atoms with van der Waals surface area (Å²) in [6.07, 6.45) is 1.27. The third kappa shape index (κ3) is 4.43. The minimum absolute atomic E-state index is 0.564. The van der Waals surface area contributed by atoms with Gasteiger partial charge < -0.3 is 5.73 Å². The normalized spacial score (nSPS) is 9.89. The number of nitrogens with two attached hydrogens (primary N) is 1. The highest BCUT2D eigenvalue weighted by molar-refractivity contribution is 7.62. The van der Waals surface area contributed by atoms with Crippen LogP contribution >= 0.6 is 0 Å². The Kier molecular flexibility index (Phi) is 3.00. The average molecular weight is 146 g/mol. The van der Waals surface area contributed by atoms with Crippen molar-refractivity contribution in [3.63, 3.8) is 0 Å². The van der Waals surface area contributed by atoms with Crippen LogP contribution in [0.4, 0.5) is 0 Å². The maximum atomic E-state index is 9.65. The molecule has 0 radical (unpaired) electrons. The molecule has 7 heteroatoms. The second kappa shape index (κ2) is 3.57. The highest BCUT2D eigenvalue weighted by Gasteiger charge is 1.82. The molecule has 0 rings (SSSR count). The summed E-state index contributed by atoms with van der Waals surface area (Å²) in [6.45, 7) is 0. The summed E-state index contributed by atoms with van der Waals surface area (Å²) in [5.41, 5.74) is 4.75. The summed E-state index contributed by atoms with van der Waals surface area (Å²) in [5, 5.41) is 7.77. The van der Waals surface area contributed by atoms with Gasteiger partial charge >= 0.3 is 10.5 Å². The Bertz CT molecular complexity index is 272. The highest BCUT2D eigenvalue weighted by Crippen LogP contribution is 1.67. The standard InChI is InChI=1S/C2H2N4O2S/c3-1-5-2(4)6-9(7)8/h(H2,4,5). The molecule has 0 atom stereocenters. The Morgan fingerprint density at radius 1 is 1.67 bits per heavy atom. The van der Waals surface area contributed by atoms with E-state index >= 15 is 0 Å². The first-order valence-electron chi connectivity index (χ1n) is 1.70. The van der Waals surface area contributed by atoms with Gasteiger partial charge in [0, 0.05) is 0 Å². The first kappa shape index (κ1) is 7.58. The molecule has 0 aromatic rings. The van der Waals surface area contributed by atoms with Gasteiger partial charge in [0.05, 0.1) is 0 Å². The van der Waals surface area contributed by atoms with Gasteiger partial charge in [-0.15, -0.1) is 4.99 Å². The van der Waals surface area contributed by atoms with E-state index in [1.807, 2.05) is 0 Å². The summed E-state index contributed by atoms with van der Waals surface area (Å²) in [7, 11) is -2.63. The van der Waals surface area contributed by atoms with Crippen molar-refractivity contribution in [3.8, 4) is 6.19 Å². The van der Waals surface area contributed by atoms with Gasteiger partial charge in [0.15, 0.2) is 0 Å². The molecule has 0 aromatic carbocycles. The molecule has 0 saturated carbocycles. The number of nitrogens with zero attached hydrogens (tertiary/aromatic N) is 3. The van der Waals surface area contributed by atoms with Crippen LogP contribution in [0.25, 0.3) is 0 Å².